The van der Waals surface area contributed by atoms with E-state index in [1.807, 2.05) is 13.8 Å². The molecule has 0 spiro atoms. The summed E-state index contributed by atoms with van der Waals surface area (Å²) in [5, 5.41) is 2.90. The number of hydrogen-bond acceptors (Lipinski definition) is 4. The van der Waals surface area contributed by atoms with Crippen LogP contribution in [0.25, 0.3) is 0 Å². The third-order valence-electron chi connectivity index (χ3n) is 3.09. The van der Waals surface area contributed by atoms with Gasteiger partial charge in [0.05, 0.1) is 24.1 Å². The number of hydrogen-bond donors (Lipinski definition) is 2. The predicted octanol–water partition coefficient (Wildman–Crippen LogP) is -0.00690. The lowest BCUT2D eigenvalue weighted by atomic mass is 9.95. The smallest absolute Gasteiger partial charge is 0.230 e. The van der Waals surface area contributed by atoms with Gasteiger partial charge in [-0.15, -0.1) is 0 Å². The Morgan fingerprint density at radius 1 is 1.44 bits per heavy atom. The van der Waals surface area contributed by atoms with Crippen LogP contribution in [0.5, 0.6) is 0 Å². The summed E-state index contributed by atoms with van der Waals surface area (Å²) < 4.78 is 5.27. The van der Waals surface area contributed by atoms with E-state index < -0.39 is 0 Å². The van der Waals surface area contributed by atoms with Crippen molar-refractivity contribution >= 4 is 23.1 Å². The Balaban J connectivity index is 2.28. The zero-order valence-electron chi connectivity index (χ0n) is 11.1. The largest absolute Gasteiger partial charge is 0.393 e. The fourth-order valence-corrected chi connectivity index (χ4v) is 2.41. The monoisotopic (exact) mass is 273 g/mol. The summed E-state index contributed by atoms with van der Waals surface area (Å²) in [5.74, 6) is -0.304. The number of nitrogens with one attached hydrogen (secondary N) is 1. The Morgan fingerprint density at radius 2 is 2.06 bits per heavy atom. The van der Waals surface area contributed by atoms with Crippen molar-refractivity contribution in [3.8, 4) is 0 Å². The van der Waals surface area contributed by atoms with Gasteiger partial charge in [0.2, 0.25) is 5.91 Å². The van der Waals surface area contributed by atoms with Crippen molar-refractivity contribution in [1.29, 1.82) is 0 Å². The first-order valence-corrected chi connectivity index (χ1v) is 6.80. The minimum Gasteiger partial charge on any atom is -0.393 e. The van der Waals surface area contributed by atoms with Crippen LogP contribution in [-0.2, 0) is 9.53 Å². The molecule has 0 aromatic heterocycles. The summed E-state index contributed by atoms with van der Waals surface area (Å²) in [4.78, 5) is 14.5. The normalized spacial score (nSPS) is 18.6. The Labute approximate surface area is 114 Å². The van der Waals surface area contributed by atoms with Gasteiger partial charge in [0.15, 0.2) is 0 Å². The van der Waals surface area contributed by atoms with E-state index in [0.717, 1.165) is 32.8 Å². The topological polar surface area (TPSA) is 67.6 Å². The summed E-state index contributed by atoms with van der Waals surface area (Å²) >= 11 is 4.94. The van der Waals surface area contributed by atoms with E-state index in [4.69, 9.17) is 22.7 Å². The van der Waals surface area contributed by atoms with E-state index >= 15 is 0 Å². The van der Waals surface area contributed by atoms with Crippen LogP contribution in [0.1, 0.15) is 13.8 Å². The molecule has 0 saturated carbocycles. The maximum Gasteiger partial charge on any atom is 0.230 e. The number of ether oxygens (including phenoxy) is 1. The molecule has 1 heterocycles. The average Bonchev–Trinajstić information content (AvgIpc) is 2.29. The van der Waals surface area contributed by atoms with Crippen LogP contribution in [-0.4, -0.2) is 55.2 Å². The molecule has 1 atom stereocenters. The summed E-state index contributed by atoms with van der Waals surface area (Å²) in [6, 6.07) is 0. The molecule has 1 amide bonds. The lowest BCUT2D eigenvalue weighted by Gasteiger charge is -2.27. The number of thiocarbonyl (C=S) groups is 1. The Morgan fingerprint density at radius 3 is 2.56 bits per heavy atom. The molecule has 0 radical (unpaired) electrons. The van der Waals surface area contributed by atoms with Crippen molar-refractivity contribution in [1.82, 2.24) is 10.2 Å². The molecular formula is C12H23N3O2S. The van der Waals surface area contributed by atoms with Gasteiger partial charge in [0.1, 0.15) is 0 Å². The lowest BCUT2D eigenvalue weighted by Crippen LogP contribution is -2.45. The van der Waals surface area contributed by atoms with Gasteiger partial charge in [-0.25, -0.2) is 0 Å². The molecule has 104 valence electrons. The molecule has 1 fully saturated rings. The molecule has 1 saturated heterocycles. The quantitative estimate of drug-likeness (QED) is 0.667. The van der Waals surface area contributed by atoms with Crippen molar-refractivity contribution in [3.63, 3.8) is 0 Å². The second kappa shape index (κ2) is 7.66. The number of rotatable bonds is 6. The van der Waals surface area contributed by atoms with Gasteiger partial charge in [-0.2, -0.15) is 0 Å². The van der Waals surface area contributed by atoms with Crippen LogP contribution in [0.15, 0.2) is 0 Å². The third kappa shape index (κ3) is 4.88. The molecule has 5 nitrogen and oxygen atoms in total. The average molecular weight is 273 g/mol. The molecule has 18 heavy (non-hydrogen) atoms. The summed E-state index contributed by atoms with van der Waals surface area (Å²) in [7, 11) is 0. The zero-order chi connectivity index (χ0) is 13.5. The highest BCUT2D eigenvalue weighted by atomic mass is 32.1. The molecule has 3 N–H and O–H groups in total. The Kier molecular flexibility index (Phi) is 6.52. The molecule has 0 aliphatic carbocycles. The first kappa shape index (κ1) is 15.3. The van der Waals surface area contributed by atoms with E-state index in [9.17, 15) is 4.79 Å². The fourth-order valence-electron chi connectivity index (χ4n) is 2.03. The third-order valence-corrected chi connectivity index (χ3v) is 3.34. The molecule has 1 aliphatic heterocycles. The minimum absolute atomic E-state index is 0.0641. The van der Waals surface area contributed by atoms with E-state index in [1.54, 1.807) is 0 Å². The van der Waals surface area contributed by atoms with Crippen molar-refractivity contribution in [2.24, 2.45) is 17.6 Å². The van der Waals surface area contributed by atoms with Crippen LogP contribution in [0, 0.1) is 11.8 Å². The van der Waals surface area contributed by atoms with E-state index in [1.165, 1.54) is 0 Å². The van der Waals surface area contributed by atoms with Gasteiger partial charge in [-0.1, -0.05) is 26.1 Å². The van der Waals surface area contributed by atoms with Crippen LogP contribution < -0.4 is 11.1 Å². The second-order valence-corrected chi connectivity index (χ2v) is 5.34. The molecule has 0 aromatic carbocycles. The van der Waals surface area contributed by atoms with Gasteiger partial charge >= 0.3 is 0 Å². The highest BCUT2D eigenvalue weighted by Crippen LogP contribution is 2.11. The number of carbonyl (C=O) groups is 1. The summed E-state index contributed by atoms with van der Waals surface area (Å²) in [6.45, 7) is 8.78. The van der Waals surface area contributed by atoms with E-state index in [0.29, 0.717) is 6.54 Å². The first-order chi connectivity index (χ1) is 8.52. The van der Waals surface area contributed by atoms with E-state index in [2.05, 4.69) is 10.2 Å². The van der Waals surface area contributed by atoms with Crippen LogP contribution in [0.3, 0.4) is 0 Å². The lowest BCUT2D eigenvalue weighted by molar-refractivity contribution is -0.124. The van der Waals surface area contributed by atoms with Gasteiger partial charge in [0, 0.05) is 26.2 Å². The maximum absolute atomic E-state index is 11.9. The Bertz CT molecular complexity index is 291. The number of carbonyl (C=O) groups excluding carboxylic acids is 1. The highest BCUT2D eigenvalue weighted by Gasteiger charge is 2.24. The standard InChI is InChI=1S/C12H23N3O2S/c1-9(2)10(11(13)18)12(16)14-3-4-15-5-7-17-8-6-15/h9-10H,3-8H2,1-2H3,(H2,13,18)(H,14,16). The maximum atomic E-state index is 11.9. The Hall–Kier alpha value is -0.720. The second-order valence-electron chi connectivity index (χ2n) is 4.87. The number of nitrogens with zero attached hydrogens (tertiary/aromatic N) is 1. The highest BCUT2D eigenvalue weighted by molar-refractivity contribution is 7.80. The van der Waals surface area contributed by atoms with Crippen LogP contribution in [0.2, 0.25) is 0 Å². The first-order valence-electron chi connectivity index (χ1n) is 6.39. The van der Waals surface area contributed by atoms with Gasteiger partial charge in [-0.3, -0.25) is 9.69 Å². The molecule has 6 heteroatoms. The van der Waals surface area contributed by atoms with Crippen molar-refractivity contribution < 1.29 is 9.53 Å². The predicted molar refractivity (Wildman–Crippen MR) is 75.4 cm³/mol. The molecule has 1 unspecified atom stereocenters. The molecule has 1 rings (SSSR count). The SMILES string of the molecule is CC(C)C(C(=O)NCCN1CCOCC1)C(N)=S. The zero-order valence-corrected chi connectivity index (χ0v) is 12.0. The van der Waals surface area contributed by atoms with E-state index in [-0.39, 0.29) is 22.7 Å². The number of amides is 1. The van der Waals surface area contributed by atoms with Crippen molar-refractivity contribution in [2.45, 2.75) is 13.8 Å². The van der Waals surface area contributed by atoms with Gasteiger partial charge < -0.3 is 15.8 Å². The summed E-state index contributed by atoms with van der Waals surface area (Å²) in [5.41, 5.74) is 5.60. The van der Waals surface area contributed by atoms with Crippen LogP contribution in [0.4, 0.5) is 0 Å². The fraction of sp³-hybridized carbons (Fsp3) is 0.833. The van der Waals surface area contributed by atoms with Gasteiger partial charge in [-0.05, 0) is 5.92 Å². The van der Waals surface area contributed by atoms with Crippen molar-refractivity contribution in [2.75, 3.05) is 39.4 Å². The molecule has 1 aliphatic rings. The molecule has 0 bridgehead atoms. The summed E-state index contributed by atoms with van der Waals surface area (Å²) in [6.07, 6.45) is 0. The number of morpholine rings is 1. The van der Waals surface area contributed by atoms with Crippen molar-refractivity contribution in [3.05, 3.63) is 0 Å². The number of nitrogens with two attached hydrogens (primary N) is 1. The molecule has 0 aromatic rings. The van der Waals surface area contributed by atoms with Gasteiger partial charge in [0.25, 0.3) is 0 Å². The minimum atomic E-state index is -0.371. The molecular weight excluding hydrogens is 250 g/mol. The van der Waals surface area contributed by atoms with Crippen LogP contribution >= 0.6 is 12.2 Å².